The van der Waals surface area contributed by atoms with Crippen LogP contribution >= 0.6 is 11.8 Å². The van der Waals surface area contributed by atoms with Gasteiger partial charge in [-0.1, -0.05) is 182 Å². The Morgan fingerprint density at radius 2 is 1.18 bits per heavy atom. The van der Waals surface area contributed by atoms with E-state index in [1.165, 1.54) is 16.7 Å². The van der Waals surface area contributed by atoms with Gasteiger partial charge >= 0.3 is 12.1 Å². The normalized spacial score (nSPS) is 16.1. The summed E-state index contributed by atoms with van der Waals surface area (Å²) in [5.74, 6) is -2.59. The Labute approximate surface area is 387 Å². The fraction of sp³-hybridized carbons (Fsp3) is 0.189. The molecule has 66 heavy (non-hydrogen) atoms. The maximum absolute atomic E-state index is 15.7. The van der Waals surface area contributed by atoms with E-state index in [4.69, 9.17) is 4.74 Å². The molecule has 5 atom stereocenters. The molecule has 1 aromatic heterocycles. The van der Waals surface area contributed by atoms with Crippen molar-refractivity contribution in [2.24, 2.45) is 0 Å². The van der Waals surface area contributed by atoms with Gasteiger partial charge in [-0.25, -0.2) is 14.6 Å². The average Bonchev–Trinajstić information content (AvgIpc) is 4.03. The Morgan fingerprint density at radius 1 is 0.682 bits per heavy atom. The molecule has 12 nitrogen and oxygen atoms in total. The van der Waals surface area contributed by atoms with Crippen LogP contribution in [0.3, 0.4) is 0 Å². The van der Waals surface area contributed by atoms with Gasteiger partial charge in [0.25, 0.3) is 0 Å². The molecule has 1 aliphatic rings. The number of aliphatic carboxylic acids is 1. The third-order valence-electron chi connectivity index (χ3n) is 11.8. The number of carbonyl (C=O) groups excluding carboxylic acids is 3. The topological polar surface area (TPSA) is 163 Å². The van der Waals surface area contributed by atoms with Gasteiger partial charge in [0.2, 0.25) is 11.8 Å². The SMILES string of the molecule is O=C(N[C@@H](Cc1cncn1C(c1ccccc1)(c1ccccc1)c1ccccc1)C(=O)N1C(c2ccccc2)SC[C@H]1C(=O)N[C@@H](Cc1ccccc1)C(O)C(=O)O)OCc1ccccc1. The molecule has 6 aromatic carbocycles. The van der Waals surface area contributed by atoms with E-state index in [2.05, 4.69) is 15.6 Å². The summed E-state index contributed by atoms with van der Waals surface area (Å²) in [4.78, 5) is 62.5. The van der Waals surface area contributed by atoms with E-state index in [9.17, 15) is 24.6 Å². The average molecular weight is 900 g/mol. The minimum absolute atomic E-state index is 0.0172. The van der Waals surface area contributed by atoms with Crippen LogP contribution in [0.4, 0.5) is 4.79 Å². The van der Waals surface area contributed by atoms with Crippen LogP contribution in [0.25, 0.3) is 0 Å². The number of alkyl carbamates (subject to hydrolysis) is 1. The number of amides is 3. The molecule has 0 saturated carbocycles. The molecule has 0 spiro atoms. The van der Waals surface area contributed by atoms with Gasteiger partial charge in [-0.15, -0.1) is 11.8 Å². The lowest BCUT2D eigenvalue weighted by molar-refractivity contribution is -0.149. The zero-order chi connectivity index (χ0) is 45.9. The lowest BCUT2D eigenvalue weighted by Gasteiger charge is -2.39. The van der Waals surface area contributed by atoms with Crippen LogP contribution in [0.5, 0.6) is 0 Å². The number of aliphatic hydroxyl groups is 1. The van der Waals surface area contributed by atoms with Crippen molar-refractivity contribution in [3.63, 3.8) is 0 Å². The van der Waals surface area contributed by atoms with Crippen molar-refractivity contribution in [3.8, 4) is 0 Å². The molecule has 13 heteroatoms. The van der Waals surface area contributed by atoms with Crippen molar-refractivity contribution >= 4 is 35.6 Å². The predicted octanol–water partition coefficient (Wildman–Crippen LogP) is 7.38. The Kier molecular flexibility index (Phi) is 14.4. The van der Waals surface area contributed by atoms with Crippen LogP contribution in [-0.2, 0) is 44.1 Å². The highest BCUT2D eigenvalue weighted by molar-refractivity contribution is 7.99. The van der Waals surface area contributed by atoms with Crippen LogP contribution in [0, 0.1) is 0 Å². The van der Waals surface area contributed by atoms with Gasteiger partial charge in [0.05, 0.1) is 12.4 Å². The molecule has 1 aliphatic heterocycles. The molecular formula is C53H49N5O7S. The van der Waals surface area contributed by atoms with Crippen LogP contribution in [0.1, 0.15) is 44.4 Å². The Morgan fingerprint density at radius 3 is 1.71 bits per heavy atom. The number of imidazole rings is 1. The number of carboxylic acid groups (broad SMARTS) is 1. The van der Waals surface area contributed by atoms with Gasteiger partial charge < -0.3 is 35.1 Å². The highest BCUT2D eigenvalue weighted by Gasteiger charge is 2.47. The number of hydrogen-bond donors (Lipinski definition) is 4. The molecule has 1 fully saturated rings. The first-order valence-electron chi connectivity index (χ1n) is 21.6. The predicted molar refractivity (Wildman–Crippen MR) is 252 cm³/mol. The first-order valence-corrected chi connectivity index (χ1v) is 22.7. The highest BCUT2D eigenvalue weighted by Crippen LogP contribution is 2.44. The Bertz CT molecular complexity index is 2600. The summed E-state index contributed by atoms with van der Waals surface area (Å²) in [6, 6.07) is 53.7. The quantitative estimate of drug-likeness (QED) is 0.0684. The first kappa shape index (κ1) is 45.1. The van der Waals surface area contributed by atoms with E-state index >= 15 is 4.79 Å². The summed E-state index contributed by atoms with van der Waals surface area (Å²) in [7, 11) is 0. The minimum atomic E-state index is -1.94. The number of aromatic nitrogens is 2. The van der Waals surface area contributed by atoms with Crippen LogP contribution in [0.2, 0.25) is 0 Å². The van der Waals surface area contributed by atoms with E-state index in [-0.39, 0.29) is 25.2 Å². The van der Waals surface area contributed by atoms with Crippen molar-refractivity contribution in [1.82, 2.24) is 25.1 Å². The van der Waals surface area contributed by atoms with Gasteiger partial charge in [-0.2, -0.15) is 0 Å². The largest absolute Gasteiger partial charge is 0.479 e. The molecular weight excluding hydrogens is 851 g/mol. The number of nitrogens with one attached hydrogen (secondary N) is 2. The molecule has 0 aliphatic carbocycles. The number of aliphatic hydroxyl groups excluding tert-OH is 1. The van der Waals surface area contributed by atoms with E-state index in [1.54, 1.807) is 36.8 Å². The second kappa shape index (κ2) is 21.0. The number of nitrogens with zero attached hydrogens (tertiary/aromatic N) is 3. The number of carboxylic acids is 1. The maximum Gasteiger partial charge on any atom is 0.408 e. The van der Waals surface area contributed by atoms with Crippen molar-refractivity contribution in [2.45, 2.75) is 54.6 Å². The molecule has 2 unspecified atom stereocenters. The standard InChI is InChI=1S/C53H49N5O7S/c59-47(51(62)63)44(31-37-19-7-1-8-20-37)55-48(60)46-35-66-50(39-23-11-3-12-24-39)58(46)49(61)45(56-52(64)65-34-38-21-9-2-10-22-38)32-43-33-54-36-57(43)53(40-25-13-4-14-26-40,41-27-15-5-16-28-41)42-29-17-6-18-30-42/h1-30,33,36,44-47,50,59H,31-32,34-35H2,(H,55,60)(H,56,64)(H,62,63)/t44-,45-,46-,47?,50?/m0/s1. The maximum atomic E-state index is 15.7. The van der Waals surface area contributed by atoms with Gasteiger partial charge in [0.15, 0.2) is 6.10 Å². The number of ether oxygens (including phenoxy) is 1. The van der Waals surface area contributed by atoms with E-state index < -0.39 is 59.0 Å². The summed E-state index contributed by atoms with van der Waals surface area (Å²) in [6.07, 6.45) is 0.556. The second-order valence-corrected chi connectivity index (χ2v) is 17.1. The number of thioether (sulfide) groups is 1. The summed E-state index contributed by atoms with van der Waals surface area (Å²) in [5, 5.41) is 25.8. The first-order chi connectivity index (χ1) is 32.2. The molecule has 7 aromatic rings. The highest BCUT2D eigenvalue weighted by atomic mass is 32.2. The zero-order valence-corrected chi connectivity index (χ0v) is 36.7. The minimum Gasteiger partial charge on any atom is -0.479 e. The summed E-state index contributed by atoms with van der Waals surface area (Å²) in [5.41, 5.74) is 4.53. The van der Waals surface area contributed by atoms with Crippen molar-refractivity contribution in [2.75, 3.05) is 5.75 Å². The molecule has 4 N–H and O–H groups in total. The van der Waals surface area contributed by atoms with Crippen LogP contribution in [0.15, 0.2) is 195 Å². The molecule has 3 amide bonds. The molecule has 0 bridgehead atoms. The Hall–Kier alpha value is -7.48. The zero-order valence-electron chi connectivity index (χ0n) is 35.9. The lowest BCUT2D eigenvalue weighted by atomic mass is 9.76. The number of hydrogen-bond acceptors (Lipinski definition) is 8. The third kappa shape index (κ3) is 9.92. The van der Waals surface area contributed by atoms with Gasteiger partial charge in [0.1, 0.15) is 29.6 Å². The third-order valence-corrected chi connectivity index (χ3v) is 13.1. The van der Waals surface area contributed by atoms with E-state index in [0.717, 1.165) is 27.8 Å². The fourth-order valence-electron chi connectivity index (χ4n) is 8.64. The Balaban J connectivity index is 1.21. The second-order valence-electron chi connectivity index (χ2n) is 16.0. The van der Waals surface area contributed by atoms with Crippen molar-refractivity contribution in [3.05, 3.63) is 234 Å². The van der Waals surface area contributed by atoms with E-state index in [1.807, 2.05) is 162 Å². The fourth-order valence-corrected chi connectivity index (χ4v) is 10.1. The number of rotatable bonds is 17. The van der Waals surface area contributed by atoms with Gasteiger partial charge in [-0.05, 0) is 39.8 Å². The van der Waals surface area contributed by atoms with Gasteiger partial charge in [-0.3, -0.25) is 9.59 Å². The monoisotopic (exact) mass is 899 g/mol. The lowest BCUT2D eigenvalue weighted by Crippen LogP contribution is -2.58. The molecule has 0 radical (unpaired) electrons. The molecule has 2 heterocycles. The molecule has 1 saturated heterocycles. The van der Waals surface area contributed by atoms with Crippen molar-refractivity contribution in [1.29, 1.82) is 0 Å². The summed E-state index contributed by atoms with van der Waals surface area (Å²) >= 11 is 1.37. The van der Waals surface area contributed by atoms with E-state index in [0.29, 0.717) is 11.3 Å². The van der Waals surface area contributed by atoms with Crippen molar-refractivity contribution < 1.29 is 34.1 Å². The summed E-state index contributed by atoms with van der Waals surface area (Å²) in [6.45, 7) is -0.0589. The molecule has 8 rings (SSSR count). The van der Waals surface area contributed by atoms with Gasteiger partial charge in [0, 0.05) is 24.1 Å². The summed E-state index contributed by atoms with van der Waals surface area (Å²) < 4.78 is 7.76. The van der Waals surface area contributed by atoms with Crippen LogP contribution in [-0.4, -0.2) is 78.5 Å². The number of carbonyl (C=O) groups is 4. The number of benzene rings is 6. The molecule has 334 valence electrons. The van der Waals surface area contributed by atoms with Crippen LogP contribution < -0.4 is 10.6 Å². The smallest absolute Gasteiger partial charge is 0.408 e.